The van der Waals surface area contributed by atoms with E-state index in [1.165, 1.54) is 0 Å². The normalized spacial score (nSPS) is 12.0. The molecule has 3 heteroatoms. The zero-order valence-electron chi connectivity index (χ0n) is 7.23. The van der Waals surface area contributed by atoms with Crippen LogP contribution in [0.1, 0.15) is 34.1 Å². The van der Waals surface area contributed by atoms with Crippen LogP contribution < -0.4 is 5.48 Å². The van der Waals surface area contributed by atoms with Crippen molar-refractivity contribution in [2.24, 2.45) is 0 Å². The predicted molar refractivity (Wildman–Crippen MR) is 40.2 cm³/mol. The molecule has 0 aromatic rings. The number of hydroxylamine groups is 1. The summed E-state index contributed by atoms with van der Waals surface area (Å²) in [5.74, 6) is 0. The first-order valence-electron chi connectivity index (χ1n) is 3.62. The summed E-state index contributed by atoms with van der Waals surface area (Å²) in [6.07, 6.45) is 0.964. The highest BCUT2D eigenvalue weighted by atomic mass is 17.3. The molecule has 1 N–H and O–H groups in total. The molecule has 0 saturated heterocycles. The van der Waals surface area contributed by atoms with Gasteiger partial charge in [0.25, 0.3) is 0 Å². The fraction of sp³-hybridized carbons (Fsp3) is 1.00. The lowest BCUT2D eigenvalue weighted by Gasteiger charge is -2.17. The second-order valence-corrected chi connectivity index (χ2v) is 3.26. The van der Waals surface area contributed by atoms with Crippen LogP contribution in [-0.4, -0.2) is 12.1 Å². The van der Waals surface area contributed by atoms with E-state index < -0.39 is 0 Å². The molecule has 0 unspecified atom stereocenters. The first kappa shape index (κ1) is 9.88. The highest BCUT2D eigenvalue weighted by molar-refractivity contribution is 4.62. The van der Waals surface area contributed by atoms with Crippen LogP contribution in [0.5, 0.6) is 0 Å². The highest BCUT2D eigenvalue weighted by Crippen LogP contribution is 1.97. The zero-order chi connectivity index (χ0) is 8.04. The smallest absolute Gasteiger partial charge is 0.0839 e. The molecule has 0 aliphatic rings. The van der Waals surface area contributed by atoms with Crippen molar-refractivity contribution in [3.05, 3.63) is 0 Å². The van der Waals surface area contributed by atoms with Crippen molar-refractivity contribution < 1.29 is 9.88 Å². The molecule has 0 aliphatic carbocycles. The number of hydrogen-bond acceptors (Lipinski definition) is 3. The van der Waals surface area contributed by atoms with E-state index in [9.17, 15) is 0 Å². The van der Waals surface area contributed by atoms with Crippen LogP contribution in [0, 0.1) is 0 Å². The number of hydrogen-bond donors (Lipinski definition) is 1. The lowest BCUT2D eigenvalue weighted by atomic mass is 10.1. The van der Waals surface area contributed by atoms with Crippen LogP contribution in [0.3, 0.4) is 0 Å². The maximum Gasteiger partial charge on any atom is 0.0839 e. The van der Waals surface area contributed by atoms with E-state index in [0.29, 0.717) is 6.61 Å². The third kappa shape index (κ3) is 7.88. The molecule has 0 saturated carbocycles. The summed E-state index contributed by atoms with van der Waals surface area (Å²) in [4.78, 5) is 9.44. The Labute approximate surface area is 62.6 Å². The molecule has 0 aromatic carbocycles. The zero-order valence-corrected chi connectivity index (χ0v) is 7.23. The van der Waals surface area contributed by atoms with Gasteiger partial charge in [-0.15, -0.1) is 4.99 Å². The summed E-state index contributed by atoms with van der Waals surface area (Å²) in [5.41, 5.74) is 2.69. The molecule has 62 valence electrons. The summed E-state index contributed by atoms with van der Waals surface area (Å²) in [6.45, 7) is 8.66. The molecule has 0 rings (SSSR count). The highest BCUT2D eigenvalue weighted by Gasteiger charge is 2.08. The third-order valence-corrected chi connectivity index (χ3v) is 0.694. The molecule has 0 aromatic heterocycles. The van der Waals surface area contributed by atoms with E-state index >= 15 is 0 Å². The van der Waals surface area contributed by atoms with Gasteiger partial charge >= 0.3 is 0 Å². The van der Waals surface area contributed by atoms with Gasteiger partial charge < -0.3 is 0 Å². The van der Waals surface area contributed by atoms with Crippen LogP contribution >= 0.6 is 0 Å². The average Bonchev–Trinajstić information content (AvgIpc) is 1.78. The Kier molecular flexibility index (Phi) is 4.60. The van der Waals surface area contributed by atoms with Crippen LogP contribution in [-0.2, 0) is 9.88 Å². The molecule has 0 atom stereocenters. The molecule has 0 spiro atoms. The molecule has 0 heterocycles. The number of rotatable bonds is 4. The van der Waals surface area contributed by atoms with Crippen LogP contribution in [0.4, 0.5) is 0 Å². The largest absolute Gasteiger partial charge is 0.218 e. The SMILES string of the molecule is CCCOONC(C)(C)C. The van der Waals surface area contributed by atoms with Crippen LogP contribution in [0.15, 0.2) is 0 Å². The van der Waals surface area contributed by atoms with Gasteiger partial charge in [-0.1, -0.05) is 6.92 Å². The van der Waals surface area contributed by atoms with E-state index in [2.05, 4.69) is 10.5 Å². The first-order valence-corrected chi connectivity index (χ1v) is 3.62. The maximum atomic E-state index is 4.75. The summed E-state index contributed by atoms with van der Waals surface area (Å²) in [6, 6.07) is 0. The lowest BCUT2D eigenvalue weighted by Crippen LogP contribution is -2.35. The first-order chi connectivity index (χ1) is 4.56. The Morgan fingerprint density at radius 3 is 2.30 bits per heavy atom. The average molecular weight is 147 g/mol. The monoisotopic (exact) mass is 147 g/mol. The minimum absolute atomic E-state index is 0.0479. The van der Waals surface area contributed by atoms with Crippen molar-refractivity contribution in [2.75, 3.05) is 6.61 Å². The standard InChI is InChI=1S/C7H17NO2/c1-5-6-9-10-8-7(2,3)4/h8H,5-6H2,1-4H3. The summed E-state index contributed by atoms with van der Waals surface area (Å²) < 4.78 is 0. The molecular weight excluding hydrogens is 130 g/mol. The summed E-state index contributed by atoms with van der Waals surface area (Å²) in [7, 11) is 0. The Morgan fingerprint density at radius 2 is 1.90 bits per heavy atom. The van der Waals surface area contributed by atoms with Gasteiger partial charge in [0.2, 0.25) is 0 Å². The van der Waals surface area contributed by atoms with E-state index in [-0.39, 0.29) is 5.54 Å². The quantitative estimate of drug-likeness (QED) is 0.372. The Balaban J connectivity index is 3.04. The molecule has 0 fully saturated rings. The van der Waals surface area contributed by atoms with E-state index in [0.717, 1.165) is 6.42 Å². The van der Waals surface area contributed by atoms with Crippen molar-refractivity contribution in [1.82, 2.24) is 5.48 Å². The van der Waals surface area contributed by atoms with Gasteiger partial charge in [0.05, 0.1) is 6.61 Å². The predicted octanol–water partition coefficient (Wildman–Crippen LogP) is 1.65. The molecule has 0 radical (unpaired) electrons. The number of nitrogens with one attached hydrogen (secondary N) is 1. The lowest BCUT2D eigenvalue weighted by molar-refractivity contribution is -0.348. The van der Waals surface area contributed by atoms with Gasteiger partial charge in [0.15, 0.2) is 0 Å². The second-order valence-electron chi connectivity index (χ2n) is 3.26. The van der Waals surface area contributed by atoms with Gasteiger partial charge in [-0.2, -0.15) is 5.48 Å². The third-order valence-electron chi connectivity index (χ3n) is 0.694. The van der Waals surface area contributed by atoms with Crippen LogP contribution in [0.25, 0.3) is 0 Å². The van der Waals surface area contributed by atoms with Crippen molar-refractivity contribution >= 4 is 0 Å². The van der Waals surface area contributed by atoms with Gasteiger partial charge in [-0.05, 0) is 27.2 Å². The molecule has 10 heavy (non-hydrogen) atoms. The minimum atomic E-state index is -0.0479. The fourth-order valence-electron chi connectivity index (χ4n) is 0.279. The maximum absolute atomic E-state index is 4.75. The van der Waals surface area contributed by atoms with E-state index in [1.807, 2.05) is 27.7 Å². The van der Waals surface area contributed by atoms with Crippen molar-refractivity contribution in [2.45, 2.75) is 39.7 Å². The molecule has 0 amide bonds. The molecular formula is C7H17NO2. The van der Waals surface area contributed by atoms with Crippen molar-refractivity contribution in [3.8, 4) is 0 Å². The van der Waals surface area contributed by atoms with Gasteiger partial charge in [0, 0.05) is 5.54 Å². The van der Waals surface area contributed by atoms with Gasteiger partial charge in [-0.25, -0.2) is 4.89 Å². The topological polar surface area (TPSA) is 30.5 Å². The van der Waals surface area contributed by atoms with Crippen LogP contribution in [0.2, 0.25) is 0 Å². The van der Waals surface area contributed by atoms with Gasteiger partial charge in [0.1, 0.15) is 0 Å². The minimum Gasteiger partial charge on any atom is -0.218 e. The summed E-state index contributed by atoms with van der Waals surface area (Å²) >= 11 is 0. The Hall–Kier alpha value is -0.120. The molecule has 0 aliphatic heterocycles. The van der Waals surface area contributed by atoms with Crippen molar-refractivity contribution in [1.29, 1.82) is 0 Å². The Morgan fingerprint density at radius 1 is 1.30 bits per heavy atom. The second kappa shape index (κ2) is 4.66. The summed E-state index contributed by atoms with van der Waals surface area (Å²) in [5, 5.41) is 0. The fourth-order valence-corrected chi connectivity index (χ4v) is 0.279. The van der Waals surface area contributed by atoms with E-state index in [1.54, 1.807) is 0 Å². The molecule has 0 bridgehead atoms. The Bertz CT molecular complexity index is 78.2. The van der Waals surface area contributed by atoms with Gasteiger partial charge in [-0.3, -0.25) is 0 Å². The van der Waals surface area contributed by atoms with E-state index in [4.69, 9.17) is 4.89 Å². The van der Waals surface area contributed by atoms with Crippen molar-refractivity contribution in [3.63, 3.8) is 0 Å². The molecule has 3 nitrogen and oxygen atoms in total.